The summed E-state index contributed by atoms with van der Waals surface area (Å²) in [7, 11) is 0. The van der Waals surface area contributed by atoms with Crippen molar-refractivity contribution in [3.63, 3.8) is 0 Å². The first-order chi connectivity index (χ1) is 10.2. The van der Waals surface area contributed by atoms with Gasteiger partial charge >= 0.3 is 0 Å². The Labute approximate surface area is 129 Å². The molecule has 0 radical (unpaired) electrons. The molecule has 0 unspecified atom stereocenters. The maximum absolute atomic E-state index is 12.0. The second-order valence-corrected chi connectivity index (χ2v) is 5.90. The van der Waals surface area contributed by atoms with E-state index in [-0.39, 0.29) is 12.0 Å². The van der Waals surface area contributed by atoms with Crippen molar-refractivity contribution in [2.75, 3.05) is 6.54 Å². The molecule has 0 aliphatic carbocycles. The molecule has 1 amide bonds. The van der Waals surface area contributed by atoms with Gasteiger partial charge < -0.3 is 20.8 Å². The lowest BCUT2D eigenvalue weighted by molar-refractivity contribution is -0.132. The lowest BCUT2D eigenvalue weighted by atomic mass is 10.2. The molecule has 2 aromatic rings. The van der Waals surface area contributed by atoms with Gasteiger partial charge in [0.1, 0.15) is 11.9 Å². The number of nitrogens with zero attached hydrogens (tertiary/aromatic N) is 2. The van der Waals surface area contributed by atoms with Gasteiger partial charge in [-0.2, -0.15) is 0 Å². The normalized spacial score (nSPS) is 21.8. The molecule has 1 aliphatic heterocycles. The van der Waals surface area contributed by atoms with Crippen molar-refractivity contribution < 1.29 is 9.53 Å². The Bertz CT molecular complexity index is 659. The molecule has 112 valence electrons. The molecule has 2 aromatic heterocycles. The van der Waals surface area contributed by atoms with E-state index in [1.165, 1.54) is 0 Å². The number of imidazole rings is 1. The molecule has 1 saturated heterocycles. The van der Waals surface area contributed by atoms with E-state index in [0.29, 0.717) is 31.0 Å². The van der Waals surface area contributed by atoms with E-state index < -0.39 is 6.10 Å². The van der Waals surface area contributed by atoms with Crippen LogP contribution in [0.25, 0.3) is 11.2 Å². The van der Waals surface area contributed by atoms with Crippen LogP contribution in [0.3, 0.4) is 0 Å². The van der Waals surface area contributed by atoms with E-state index >= 15 is 0 Å². The van der Waals surface area contributed by atoms with Crippen LogP contribution >= 0.6 is 15.9 Å². The molecule has 0 saturated carbocycles. The molecule has 7 nitrogen and oxygen atoms in total. The van der Waals surface area contributed by atoms with Gasteiger partial charge in [0.05, 0.1) is 18.2 Å². The Morgan fingerprint density at radius 2 is 2.43 bits per heavy atom. The quantitative estimate of drug-likeness (QED) is 0.755. The van der Waals surface area contributed by atoms with Gasteiger partial charge in [-0.25, -0.2) is 9.97 Å². The maximum atomic E-state index is 12.0. The van der Waals surface area contributed by atoms with E-state index in [9.17, 15) is 4.79 Å². The molecule has 2 atom stereocenters. The molecule has 4 N–H and O–H groups in total. The van der Waals surface area contributed by atoms with Crippen molar-refractivity contribution in [2.24, 2.45) is 5.73 Å². The zero-order valence-corrected chi connectivity index (χ0v) is 12.9. The highest BCUT2D eigenvalue weighted by molar-refractivity contribution is 9.10. The van der Waals surface area contributed by atoms with Crippen LogP contribution in [0.4, 0.5) is 0 Å². The zero-order chi connectivity index (χ0) is 14.8. The number of aromatic amines is 1. The zero-order valence-electron chi connectivity index (χ0n) is 11.3. The van der Waals surface area contributed by atoms with Crippen molar-refractivity contribution in [2.45, 2.75) is 31.6 Å². The Morgan fingerprint density at radius 1 is 1.57 bits per heavy atom. The van der Waals surface area contributed by atoms with E-state index in [2.05, 4.69) is 36.2 Å². The summed E-state index contributed by atoms with van der Waals surface area (Å²) in [5.74, 6) is 0.540. The SMILES string of the molecule is NC[C@H]1CC[C@@H](C(=O)NCc2nc3ncc(Br)cc3[nH]2)O1. The monoisotopic (exact) mass is 353 g/mol. The standard InChI is InChI=1S/C13H16BrN5O2/c14-7-3-9-12(16-5-7)19-11(18-9)6-17-13(20)10-2-1-8(4-15)21-10/h3,5,8,10H,1-2,4,6,15H2,(H,17,20)(H,16,18,19)/t8-,10+/m1/s1. The van der Waals surface area contributed by atoms with Crippen LogP contribution in [0.5, 0.6) is 0 Å². The average molecular weight is 354 g/mol. The molecule has 0 spiro atoms. The molecule has 21 heavy (non-hydrogen) atoms. The number of rotatable bonds is 4. The third-order valence-electron chi connectivity index (χ3n) is 3.45. The Morgan fingerprint density at radius 3 is 3.19 bits per heavy atom. The van der Waals surface area contributed by atoms with Crippen LogP contribution in [-0.4, -0.2) is 39.6 Å². The molecular formula is C13H16BrN5O2. The minimum atomic E-state index is -0.407. The number of amides is 1. The molecule has 1 fully saturated rings. The fraction of sp³-hybridized carbons (Fsp3) is 0.462. The first-order valence-electron chi connectivity index (χ1n) is 6.79. The smallest absolute Gasteiger partial charge is 0.249 e. The molecular weight excluding hydrogens is 338 g/mol. The van der Waals surface area contributed by atoms with Crippen molar-refractivity contribution in [3.05, 3.63) is 22.6 Å². The van der Waals surface area contributed by atoms with Gasteiger partial charge in [0, 0.05) is 17.2 Å². The van der Waals surface area contributed by atoms with Crippen molar-refractivity contribution >= 4 is 33.0 Å². The topological polar surface area (TPSA) is 106 Å². The molecule has 3 heterocycles. The molecule has 0 bridgehead atoms. The van der Waals surface area contributed by atoms with Gasteiger partial charge in [0.15, 0.2) is 5.65 Å². The fourth-order valence-electron chi connectivity index (χ4n) is 2.36. The van der Waals surface area contributed by atoms with Crippen molar-refractivity contribution in [1.29, 1.82) is 0 Å². The van der Waals surface area contributed by atoms with Crippen molar-refractivity contribution in [3.8, 4) is 0 Å². The summed E-state index contributed by atoms with van der Waals surface area (Å²) in [5.41, 5.74) is 6.99. The maximum Gasteiger partial charge on any atom is 0.249 e. The van der Waals surface area contributed by atoms with Gasteiger partial charge in [0.2, 0.25) is 5.91 Å². The van der Waals surface area contributed by atoms with E-state index in [4.69, 9.17) is 10.5 Å². The van der Waals surface area contributed by atoms with Gasteiger partial charge in [-0.15, -0.1) is 0 Å². The van der Waals surface area contributed by atoms with Crippen LogP contribution in [0, 0.1) is 0 Å². The van der Waals surface area contributed by atoms with Crippen LogP contribution in [0.2, 0.25) is 0 Å². The predicted octanol–water partition coefficient (Wildman–Crippen LogP) is 0.843. The minimum Gasteiger partial charge on any atom is -0.364 e. The predicted molar refractivity (Wildman–Crippen MR) is 80.4 cm³/mol. The molecule has 8 heteroatoms. The van der Waals surface area contributed by atoms with Crippen LogP contribution in [-0.2, 0) is 16.1 Å². The molecule has 3 rings (SSSR count). The highest BCUT2D eigenvalue weighted by Crippen LogP contribution is 2.19. The van der Waals surface area contributed by atoms with Crippen molar-refractivity contribution in [1.82, 2.24) is 20.3 Å². The largest absolute Gasteiger partial charge is 0.364 e. The third kappa shape index (κ3) is 3.22. The summed E-state index contributed by atoms with van der Waals surface area (Å²) in [4.78, 5) is 23.6. The van der Waals surface area contributed by atoms with E-state index in [1.807, 2.05) is 6.07 Å². The second kappa shape index (κ2) is 6.08. The number of aromatic nitrogens is 3. The highest BCUT2D eigenvalue weighted by Gasteiger charge is 2.29. The summed E-state index contributed by atoms with van der Waals surface area (Å²) < 4.78 is 6.43. The number of fused-ring (bicyclic) bond motifs is 1. The number of nitrogens with two attached hydrogens (primary N) is 1. The minimum absolute atomic E-state index is 0.00602. The first kappa shape index (κ1) is 14.4. The average Bonchev–Trinajstić information content (AvgIpc) is 3.10. The van der Waals surface area contributed by atoms with Gasteiger partial charge in [0.25, 0.3) is 0 Å². The summed E-state index contributed by atoms with van der Waals surface area (Å²) >= 11 is 3.35. The Hall–Kier alpha value is -1.51. The summed E-state index contributed by atoms with van der Waals surface area (Å²) in [6.07, 6.45) is 2.81. The van der Waals surface area contributed by atoms with Crippen LogP contribution < -0.4 is 11.1 Å². The van der Waals surface area contributed by atoms with E-state index in [1.54, 1.807) is 6.20 Å². The Kier molecular flexibility index (Phi) is 4.18. The Balaban J connectivity index is 1.60. The lowest BCUT2D eigenvalue weighted by Gasteiger charge is -2.11. The summed E-state index contributed by atoms with van der Waals surface area (Å²) in [6, 6.07) is 1.90. The number of carbonyl (C=O) groups excluding carboxylic acids is 1. The first-order valence-corrected chi connectivity index (χ1v) is 7.58. The summed E-state index contributed by atoms with van der Waals surface area (Å²) in [5, 5.41) is 2.82. The summed E-state index contributed by atoms with van der Waals surface area (Å²) in [6.45, 7) is 0.772. The van der Waals surface area contributed by atoms with Crippen LogP contribution in [0.1, 0.15) is 18.7 Å². The number of ether oxygens (including phenoxy) is 1. The number of hydrogen-bond acceptors (Lipinski definition) is 5. The number of hydrogen-bond donors (Lipinski definition) is 3. The molecule has 0 aromatic carbocycles. The number of halogens is 1. The van der Waals surface area contributed by atoms with Gasteiger partial charge in [-0.3, -0.25) is 4.79 Å². The highest BCUT2D eigenvalue weighted by atomic mass is 79.9. The van der Waals surface area contributed by atoms with E-state index in [0.717, 1.165) is 16.4 Å². The second-order valence-electron chi connectivity index (χ2n) is 4.99. The number of nitrogens with one attached hydrogen (secondary N) is 2. The third-order valence-corrected chi connectivity index (χ3v) is 3.88. The van der Waals surface area contributed by atoms with Crippen LogP contribution in [0.15, 0.2) is 16.7 Å². The van der Waals surface area contributed by atoms with Gasteiger partial charge in [-0.1, -0.05) is 0 Å². The van der Waals surface area contributed by atoms with Gasteiger partial charge in [-0.05, 0) is 34.8 Å². The number of carbonyl (C=O) groups is 1. The number of H-pyrrole nitrogens is 1. The molecule has 1 aliphatic rings. The number of pyridine rings is 1. The fourth-order valence-corrected chi connectivity index (χ4v) is 2.70. The lowest BCUT2D eigenvalue weighted by Crippen LogP contribution is -2.35.